The topological polar surface area (TPSA) is 44.9 Å². The van der Waals surface area contributed by atoms with E-state index in [-0.39, 0.29) is 17.1 Å². The second-order valence-corrected chi connectivity index (χ2v) is 8.67. The highest BCUT2D eigenvalue weighted by molar-refractivity contribution is 6.02. The number of allylic oxidation sites excluding steroid dienone is 3. The Balaban J connectivity index is 1.70. The van der Waals surface area contributed by atoms with Crippen molar-refractivity contribution in [2.24, 2.45) is 5.41 Å². The number of benzene rings is 2. The predicted octanol–water partition coefficient (Wildman–Crippen LogP) is 5.54. The van der Waals surface area contributed by atoms with Gasteiger partial charge in [-0.15, -0.1) is 0 Å². The smallest absolute Gasteiger partial charge is 0.162 e. The molecule has 0 radical (unpaired) electrons. The molecule has 28 heavy (non-hydrogen) atoms. The van der Waals surface area contributed by atoms with E-state index in [9.17, 15) is 4.79 Å². The van der Waals surface area contributed by atoms with E-state index in [1.54, 1.807) is 0 Å². The van der Waals surface area contributed by atoms with E-state index in [0.717, 1.165) is 34.5 Å². The quantitative estimate of drug-likeness (QED) is 0.624. The van der Waals surface area contributed by atoms with Gasteiger partial charge in [-0.2, -0.15) is 0 Å². The summed E-state index contributed by atoms with van der Waals surface area (Å²) in [7, 11) is 0. The van der Waals surface area contributed by atoms with E-state index in [2.05, 4.69) is 78.9 Å². The van der Waals surface area contributed by atoms with Crippen LogP contribution in [-0.2, 0) is 4.79 Å². The molecular weight excluding hydrogens is 344 g/mol. The first-order valence-electron chi connectivity index (χ1n) is 9.88. The molecule has 5 rings (SSSR count). The Morgan fingerprint density at radius 1 is 0.964 bits per heavy atom. The second-order valence-electron chi connectivity index (χ2n) is 8.67. The summed E-state index contributed by atoms with van der Waals surface area (Å²) in [6.45, 7) is 4.36. The third-order valence-corrected chi connectivity index (χ3v) is 5.89. The zero-order valence-corrected chi connectivity index (χ0v) is 16.3. The van der Waals surface area contributed by atoms with Gasteiger partial charge in [-0.05, 0) is 35.1 Å². The summed E-state index contributed by atoms with van der Waals surface area (Å²) in [5, 5.41) is 4.79. The Hall–Kier alpha value is -3.07. The number of nitrogens with one attached hydrogen (secondary N) is 2. The molecule has 1 aliphatic heterocycles. The molecule has 1 aromatic heterocycles. The van der Waals surface area contributed by atoms with E-state index in [1.165, 1.54) is 10.9 Å². The highest BCUT2D eigenvalue weighted by atomic mass is 16.1. The van der Waals surface area contributed by atoms with Crippen molar-refractivity contribution >= 4 is 22.4 Å². The molecule has 1 unspecified atom stereocenters. The number of H-pyrrole nitrogens is 1. The molecule has 1 atom stereocenters. The van der Waals surface area contributed by atoms with Crippen molar-refractivity contribution in [1.82, 2.24) is 10.3 Å². The number of Topliss-reactive ketones (excluding diaryl/α,β-unsaturated/α-hetero) is 1. The largest absolute Gasteiger partial charge is 0.361 e. The van der Waals surface area contributed by atoms with Crippen molar-refractivity contribution in [3.05, 3.63) is 89.3 Å². The Kier molecular flexibility index (Phi) is 3.80. The van der Waals surface area contributed by atoms with Gasteiger partial charge >= 0.3 is 0 Å². The van der Waals surface area contributed by atoms with Crippen LogP contribution in [0.2, 0.25) is 0 Å². The van der Waals surface area contributed by atoms with E-state index in [4.69, 9.17) is 0 Å². The van der Waals surface area contributed by atoms with Gasteiger partial charge in [-0.1, -0.05) is 62.4 Å². The third kappa shape index (κ3) is 2.78. The maximum absolute atomic E-state index is 13.2. The van der Waals surface area contributed by atoms with Crippen LogP contribution in [0.1, 0.15) is 43.7 Å². The number of hydrogen-bond donors (Lipinski definition) is 2. The molecule has 2 aliphatic rings. The van der Waals surface area contributed by atoms with Crippen LogP contribution in [0.4, 0.5) is 0 Å². The van der Waals surface area contributed by atoms with Gasteiger partial charge in [0.1, 0.15) is 0 Å². The van der Waals surface area contributed by atoms with Crippen LogP contribution in [0, 0.1) is 5.41 Å². The van der Waals surface area contributed by atoms with Crippen molar-refractivity contribution < 1.29 is 4.79 Å². The summed E-state index contributed by atoms with van der Waals surface area (Å²) in [5.74, 6) is 0.226. The summed E-state index contributed by atoms with van der Waals surface area (Å²) in [4.78, 5) is 16.6. The number of ketones is 1. The molecule has 0 saturated carbocycles. The first-order chi connectivity index (χ1) is 13.5. The average molecular weight is 368 g/mol. The minimum atomic E-state index is -0.0359. The maximum Gasteiger partial charge on any atom is 0.162 e. The van der Waals surface area contributed by atoms with Crippen LogP contribution in [0.5, 0.6) is 0 Å². The SMILES string of the molecule is CC1(C)CC(=O)C2=C(C1)NC(c1ccccc1)=CC2c1c[nH]c2ccccc12. The number of fused-ring (bicyclic) bond motifs is 1. The normalized spacial score (nSPS) is 21.3. The molecule has 2 aromatic carbocycles. The molecule has 2 N–H and O–H groups in total. The van der Waals surface area contributed by atoms with Crippen LogP contribution in [0.3, 0.4) is 0 Å². The van der Waals surface area contributed by atoms with Crippen molar-refractivity contribution in [2.75, 3.05) is 0 Å². The molecule has 0 spiro atoms. The second kappa shape index (κ2) is 6.23. The Bertz CT molecular complexity index is 1130. The van der Waals surface area contributed by atoms with Crippen LogP contribution < -0.4 is 5.32 Å². The number of rotatable bonds is 2. The Morgan fingerprint density at radius 2 is 1.71 bits per heavy atom. The fraction of sp³-hybridized carbons (Fsp3) is 0.240. The molecule has 3 heteroatoms. The number of dihydropyridines is 1. The molecule has 0 saturated heterocycles. The van der Waals surface area contributed by atoms with E-state index in [1.807, 2.05) is 12.1 Å². The minimum Gasteiger partial charge on any atom is -0.361 e. The molecule has 3 nitrogen and oxygen atoms in total. The molecular formula is C25H24N2O. The van der Waals surface area contributed by atoms with Crippen LogP contribution in [0.25, 0.3) is 16.6 Å². The van der Waals surface area contributed by atoms with Crippen LogP contribution in [0.15, 0.2) is 78.1 Å². The first kappa shape index (κ1) is 17.1. The molecule has 0 amide bonds. The summed E-state index contributed by atoms with van der Waals surface area (Å²) in [6, 6.07) is 18.7. The highest BCUT2D eigenvalue weighted by Gasteiger charge is 2.39. The van der Waals surface area contributed by atoms with Crippen molar-refractivity contribution in [3.63, 3.8) is 0 Å². The molecule has 140 valence electrons. The lowest BCUT2D eigenvalue weighted by molar-refractivity contribution is -0.118. The third-order valence-electron chi connectivity index (χ3n) is 5.89. The lowest BCUT2D eigenvalue weighted by Crippen LogP contribution is -2.35. The molecule has 2 heterocycles. The standard InChI is InChI=1S/C25H24N2O/c1-25(2)13-22-24(23(28)14-25)18(12-21(27-22)16-8-4-3-5-9-16)19-15-26-20-11-7-6-10-17(19)20/h3-12,15,18,26-27H,13-14H2,1-2H3. The van der Waals surface area contributed by atoms with E-state index in [0.29, 0.717) is 6.42 Å². The average Bonchev–Trinajstić information content (AvgIpc) is 3.10. The van der Waals surface area contributed by atoms with Crippen molar-refractivity contribution in [1.29, 1.82) is 0 Å². The Labute approximate surface area is 165 Å². The fourth-order valence-electron chi connectivity index (χ4n) is 4.64. The fourth-order valence-corrected chi connectivity index (χ4v) is 4.64. The number of carbonyl (C=O) groups is 1. The summed E-state index contributed by atoms with van der Waals surface area (Å²) in [5.41, 5.74) is 6.51. The number of carbonyl (C=O) groups excluding carboxylic acids is 1. The van der Waals surface area contributed by atoms with Gasteiger partial charge < -0.3 is 10.3 Å². The summed E-state index contributed by atoms with van der Waals surface area (Å²) in [6.07, 6.45) is 5.77. The monoisotopic (exact) mass is 368 g/mol. The summed E-state index contributed by atoms with van der Waals surface area (Å²) < 4.78 is 0. The van der Waals surface area contributed by atoms with Crippen LogP contribution in [-0.4, -0.2) is 10.8 Å². The zero-order chi connectivity index (χ0) is 19.3. The van der Waals surface area contributed by atoms with Gasteiger partial charge in [-0.25, -0.2) is 0 Å². The number of aromatic amines is 1. The van der Waals surface area contributed by atoms with Gasteiger partial charge in [0.05, 0.1) is 0 Å². The zero-order valence-electron chi connectivity index (χ0n) is 16.3. The maximum atomic E-state index is 13.2. The predicted molar refractivity (Wildman–Crippen MR) is 114 cm³/mol. The van der Waals surface area contributed by atoms with Gasteiger partial charge in [0.25, 0.3) is 0 Å². The lowest BCUT2D eigenvalue weighted by atomic mass is 9.70. The van der Waals surface area contributed by atoms with Gasteiger partial charge in [-0.3, -0.25) is 4.79 Å². The van der Waals surface area contributed by atoms with Gasteiger partial charge in [0.2, 0.25) is 0 Å². The molecule has 3 aromatic rings. The van der Waals surface area contributed by atoms with Crippen LogP contribution >= 0.6 is 0 Å². The van der Waals surface area contributed by atoms with E-state index >= 15 is 0 Å². The molecule has 1 aliphatic carbocycles. The number of aromatic nitrogens is 1. The highest BCUT2D eigenvalue weighted by Crippen LogP contribution is 2.46. The molecule has 0 bridgehead atoms. The van der Waals surface area contributed by atoms with E-state index < -0.39 is 0 Å². The minimum absolute atomic E-state index is 0.0210. The Morgan fingerprint density at radius 3 is 2.54 bits per heavy atom. The van der Waals surface area contributed by atoms with Gasteiger partial charge in [0.15, 0.2) is 5.78 Å². The number of para-hydroxylation sites is 1. The summed E-state index contributed by atoms with van der Waals surface area (Å²) >= 11 is 0. The molecule has 0 fully saturated rings. The first-order valence-corrected chi connectivity index (χ1v) is 9.88. The lowest BCUT2D eigenvalue weighted by Gasteiger charge is -2.38. The van der Waals surface area contributed by atoms with Gasteiger partial charge in [0, 0.05) is 46.4 Å². The number of hydrogen-bond acceptors (Lipinski definition) is 2. The van der Waals surface area contributed by atoms with Crippen molar-refractivity contribution in [3.8, 4) is 0 Å². The van der Waals surface area contributed by atoms with Crippen molar-refractivity contribution in [2.45, 2.75) is 32.6 Å².